The molecule has 0 aliphatic heterocycles. The maximum absolute atomic E-state index is 12.7. The Kier molecular flexibility index (Phi) is 6.53. The number of para-hydroxylation sites is 1. The Balaban J connectivity index is 1.70. The second kappa shape index (κ2) is 9.06. The molecule has 0 saturated heterocycles. The molecule has 1 aromatic heterocycles. The van der Waals surface area contributed by atoms with Gasteiger partial charge in [0.2, 0.25) is 0 Å². The lowest BCUT2D eigenvalue weighted by Crippen LogP contribution is -2.25. The first-order chi connectivity index (χ1) is 13.1. The fourth-order valence-electron chi connectivity index (χ4n) is 2.80. The average Bonchev–Trinajstić information content (AvgIpc) is 2.67. The molecule has 2 aromatic carbocycles. The summed E-state index contributed by atoms with van der Waals surface area (Å²) in [6.07, 6.45) is 0.181. The predicted octanol–water partition coefficient (Wildman–Crippen LogP) is 3.65. The van der Waals surface area contributed by atoms with E-state index in [2.05, 4.69) is 4.98 Å². The van der Waals surface area contributed by atoms with Gasteiger partial charge in [-0.15, -0.1) is 0 Å². The van der Waals surface area contributed by atoms with Gasteiger partial charge in [-0.1, -0.05) is 43.0 Å². The number of rotatable bonds is 8. The van der Waals surface area contributed by atoms with Gasteiger partial charge in [-0.25, -0.2) is 4.98 Å². The van der Waals surface area contributed by atoms with Crippen LogP contribution in [0.25, 0.3) is 10.9 Å². The summed E-state index contributed by atoms with van der Waals surface area (Å²) in [7, 11) is 0. The maximum atomic E-state index is 12.7. The van der Waals surface area contributed by atoms with E-state index < -0.39 is 6.10 Å². The Morgan fingerprint density at radius 2 is 2.04 bits per heavy atom. The third kappa shape index (κ3) is 4.90. The molecule has 3 rings (SSSR count). The van der Waals surface area contributed by atoms with Gasteiger partial charge in [0.1, 0.15) is 12.4 Å². The van der Waals surface area contributed by atoms with Crippen LogP contribution in [0, 0.1) is 6.92 Å². The zero-order valence-electron chi connectivity index (χ0n) is 15.6. The molecule has 0 unspecified atom stereocenters. The third-order valence-corrected chi connectivity index (χ3v) is 5.23. The van der Waals surface area contributed by atoms with Crippen molar-refractivity contribution >= 4 is 22.7 Å². The first-order valence-corrected chi connectivity index (χ1v) is 10.1. The second-order valence-corrected chi connectivity index (χ2v) is 7.45. The van der Waals surface area contributed by atoms with Gasteiger partial charge in [0.05, 0.1) is 17.0 Å². The summed E-state index contributed by atoms with van der Waals surface area (Å²) < 4.78 is 7.35. The van der Waals surface area contributed by atoms with Crippen molar-refractivity contribution in [2.24, 2.45) is 0 Å². The van der Waals surface area contributed by atoms with Crippen molar-refractivity contribution in [1.82, 2.24) is 9.55 Å². The lowest BCUT2D eigenvalue weighted by atomic mass is 10.2. The van der Waals surface area contributed by atoms with E-state index in [0.717, 1.165) is 17.7 Å². The predicted molar refractivity (Wildman–Crippen MR) is 110 cm³/mol. The molecule has 0 fully saturated rings. The molecule has 0 saturated carbocycles. The smallest absolute Gasteiger partial charge is 0.262 e. The number of aliphatic hydroxyl groups excluding tert-OH is 1. The van der Waals surface area contributed by atoms with Crippen LogP contribution in [0.15, 0.2) is 58.5 Å². The van der Waals surface area contributed by atoms with Crippen LogP contribution in [0.3, 0.4) is 0 Å². The highest BCUT2D eigenvalue weighted by atomic mass is 32.2. The topological polar surface area (TPSA) is 64.3 Å². The molecule has 27 heavy (non-hydrogen) atoms. The van der Waals surface area contributed by atoms with Crippen LogP contribution in [-0.4, -0.2) is 33.1 Å². The van der Waals surface area contributed by atoms with Crippen molar-refractivity contribution in [2.75, 3.05) is 12.4 Å². The lowest BCUT2D eigenvalue weighted by Gasteiger charge is -2.15. The number of benzene rings is 2. The van der Waals surface area contributed by atoms with Crippen molar-refractivity contribution < 1.29 is 9.84 Å². The lowest BCUT2D eigenvalue weighted by molar-refractivity contribution is 0.126. The summed E-state index contributed by atoms with van der Waals surface area (Å²) in [5, 5.41) is 11.5. The molecular formula is C21H24N2O3S. The van der Waals surface area contributed by atoms with Crippen LogP contribution >= 0.6 is 11.8 Å². The number of ether oxygens (including phenoxy) is 1. The number of nitrogens with zero attached hydrogens (tertiary/aromatic N) is 2. The number of hydrogen-bond donors (Lipinski definition) is 1. The van der Waals surface area contributed by atoms with Gasteiger partial charge >= 0.3 is 0 Å². The molecule has 1 heterocycles. The van der Waals surface area contributed by atoms with Gasteiger partial charge < -0.3 is 9.84 Å². The molecule has 0 spiro atoms. The van der Waals surface area contributed by atoms with Crippen molar-refractivity contribution in [3.8, 4) is 5.75 Å². The minimum atomic E-state index is -0.658. The molecule has 5 nitrogen and oxygen atoms in total. The van der Waals surface area contributed by atoms with Crippen LogP contribution in [0.2, 0.25) is 0 Å². The number of aryl methyl sites for hydroxylation is 1. The highest BCUT2D eigenvalue weighted by Gasteiger charge is 2.13. The van der Waals surface area contributed by atoms with E-state index in [-0.39, 0.29) is 12.2 Å². The Bertz CT molecular complexity index is 971. The average molecular weight is 385 g/mol. The molecular weight excluding hydrogens is 360 g/mol. The molecule has 0 aliphatic rings. The highest BCUT2D eigenvalue weighted by Crippen LogP contribution is 2.20. The van der Waals surface area contributed by atoms with Crippen molar-refractivity contribution in [3.05, 3.63) is 64.4 Å². The largest absolute Gasteiger partial charge is 0.491 e. The standard InChI is InChI=1S/C21H24N2O3S/c1-3-11-23-20(25)18-9-4-5-10-19(18)22-21(23)27-14-16(24)13-26-17-8-6-7-15(2)12-17/h4-10,12,16,24H,3,11,13-14H2,1-2H3/t16-/m1/s1. The summed E-state index contributed by atoms with van der Waals surface area (Å²) in [5.74, 6) is 1.14. The van der Waals surface area contributed by atoms with E-state index in [1.165, 1.54) is 11.8 Å². The quantitative estimate of drug-likeness (QED) is 0.474. The molecule has 0 aliphatic carbocycles. The third-order valence-electron chi connectivity index (χ3n) is 4.11. The van der Waals surface area contributed by atoms with Gasteiger partial charge in [-0.2, -0.15) is 0 Å². The fourth-order valence-corrected chi connectivity index (χ4v) is 3.73. The summed E-state index contributed by atoms with van der Waals surface area (Å²) in [6, 6.07) is 15.1. The van der Waals surface area contributed by atoms with Crippen LogP contribution < -0.4 is 10.3 Å². The molecule has 1 N–H and O–H groups in total. The highest BCUT2D eigenvalue weighted by molar-refractivity contribution is 7.99. The summed E-state index contributed by atoms with van der Waals surface area (Å²) in [6.45, 7) is 4.83. The first kappa shape index (κ1) is 19.5. The van der Waals surface area contributed by atoms with E-state index in [1.54, 1.807) is 10.6 Å². The van der Waals surface area contributed by atoms with Crippen molar-refractivity contribution in [2.45, 2.75) is 38.1 Å². The van der Waals surface area contributed by atoms with Gasteiger partial charge in [0.25, 0.3) is 5.56 Å². The SMILES string of the molecule is CCCn1c(SC[C@H](O)COc2cccc(C)c2)nc2ccccc2c1=O. The molecule has 6 heteroatoms. The molecule has 0 radical (unpaired) electrons. The van der Waals surface area contributed by atoms with Gasteiger partial charge in [0.15, 0.2) is 5.16 Å². The van der Waals surface area contributed by atoms with E-state index in [4.69, 9.17) is 4.74 Å². The minimum absolute atomic E-state index is 0.0320. The van der Waals surface area contributed by atoms with Gasteiger partial charge in [0, 0.05) is 12.3 Å². The van der Waals surface area contributed by atoms with Crippen LogP contribution in [-0.2, 0) is 6.54 Å². The molecule has 0 amide bonds. The van der Waals surface area contributed by atoms with Crippen molar-refractivity contribution in [1.29, 1.82) is 0 Å². The first-order valence-electron chi connectivity index (χ1n) is 9.08. The number of thioether (sulfide) groups is 1. The molecule has 142 valence electrons. The van der Waals surface area contributed by atoms with Crippen LogP contribution in [0.5, 0.6) is 5.75 Å². The number of fused-ring (bicyclic) bond motifs is 1. The Morgan fingerprint density at radius 3 is 2.81 bits per heavy atom. The molecule has 1 atom stereocenters. The van der Waals surface area contributed by atoms with Crippen LogP contribution in [0.4, 0.5) is 0 Å². The van der Waals surface area contributed by atoms with E-state index >= 15 is 0 Å². The van der Waals surface area contributed by atoms with E-state index in [9.17, 15) is 9.90 Å². The summed E-state index contributed by atoms with van der Waals surface area (Å²) >= 11 is 1.38. The van der Waals surface area contributed by atoms with E-state index in [1.807, 2.05) is 56.3 Å². The zero-order valence-corrected chi connectivity index (χ0v) is 16.4. The normalized spacial score (nSPS) is 12.3. The van der Waals surface area contributed by atoms with Crippen LogP contribution in [0.1, 0.15) is 18.9 Å². The Hall–Kier alpha value is -2.31. The number of aliphatic hydroxyl groups is 1. The Labute approximate surface area is 163 Å². The zero-order chi connectivity index (χ0) is 19.2. The minimum Gasteiger partial charge on any atom is -0.491 e. The maximum Gasteiger partial charge on any atom is 0.262 e. The molecule has 0 bridgehead atoms. The van der Waals surface area contributed by atoms with E-state index in [0.29, 0.717) is 28.4 Å². The second-order valence-electron chi connectivity index (χ2n) is 6.46. The summed E-state index contributed by atoms with van der Waals surface area (Å²) in [4.78, 5) is 17.4. The molecule has 3 aromatic rings. The van der Waals surface area contributed by atoms with Gasteiger partial charge in [-0.3, -0.25) is 9.36 Å². The monoisotopic (exact) mass is 384 g/mol. The fraction of sp³-hybridized carbons (Fsp3) is 0.333. The van der Waals surface area contributed by atoms with Gasteiger partial charge in [-0.05, 0) is 43.2 Å². The number of aromatic nitrogens is 2. The summed E-state index contributed by atoms with van der Waals surface area (Å²) in [5.41, 5.74) is 1.76. The Morgan fingerprint density at radius 1 is 1.22 bits per heavy atom. The van der Waals surface area contributed by atoms with Crippen molar-refractivity contribution in [3.63, 3.8) is 0 Å². The number of hydrogen-bond acceptors (Lipinski definition) is 5.